The second-order valence-electron chi connectivity index (χ2n) is 3.49. The zero-order valence-corrected chi connectivity index (χ0v) is 9.22. The van der Waals surface area contributed by atoms with Crippen LogP contribution in [0.2, 0.25) is 0 Å². The van der Waals surface area contributed by atoms with Crippen LogP contribution >= 0.6 is 0 Å². The van der Waals surface area contributed by atoms with Crippen LogP contribution in [-0.2, 0) is 14.3 Å². The van der Waals surface area contributed by atoms with E-state index in [1.54, 1.807) is 0 Å². The normalized spacial score (nSPS) is 30.0. The predicted molar refractivity (Wildman–Crippen MR) is 53.8 cm³/mol. The Kier molecular flexibility index (Phi) is 3.25. The molecule has 0 saturated heterocycles. The fourth-order valence-corrected chi connectivity index (χ4v) is 1.66. The van der Waals surface area contributed by atoms with Crippen LogP contribution in [-0.4, -0.2) is 47.2 Å². The standard InChI is InChI=1S/C10H14O6/c1-5-4-10(14,9(12)13)8(16-3)7(15-2)6(5)11/h4,8,11,14H,1-3H3,(H,12,13). The van der Waals surface area contributed by atoms with E-state index in [0.29, 0.717) is 0 Å². The number of aliphatic carboxylic acids is 1. The molecule has 1 aliphatic carbocycles. The molecule has 0 saturated carbocycles. The van der Waals surface area contributed by atoms with Crippen molar-refractivity contribution >= 4 is 5.97 Å². The van der Waals surface area contributed by atoms with Gasteiger partial charge in [0.1, 0.15) is 0 Å². The number of aliphatic hydroxyl groups excluding tert-OH is 1. The van der Waals surface area contributed by atoms with E-state index in [4.69, 9.17) is 14.6 Å². The van der Waals surface area contributed by atoms with Crippen molar-refractivity contribution in [2.45, 2.75) is 18.6 Å². The number of methoxy groups -OCH3 is 2. The molecular weight excluding hydrogens is 216 g/mol. The minimum Gasteiger partial charge on any atom is -0.504 e. The second-order valence-corrected chi connectivity index (χ2v) is 3.49. The summed E-state index contributed by atoms with van der Waals surface area (Å²) in [5.41, 5.74) is -2.02. The van der Waals surface area contributed by atoms with Gasteiger partial charge in [0.15, 0.2) is 17.6 Å². The highest BCUT2D eigenvalue weighted by Gasteiger charge is 2.49. The second kappa shape index (κ2) is 4.15. The lowest BCUT2D eigenvalue weighted by atomic mass is 9.87. The lowest BCUT2D eigenvalue weighted by molar-refractivity contribution is -0.166. The van der Waals surface area contributed by atoms with Crippen LogP contribution in [0.15, 0.2) is 23.2 Å². The van der Waals surface area contributed by atoms with Crippen LogP contribution in [0, 0.1) is 0 Å². The van der Waals surface area contributed by atoms with Crippen molar-refractivity contribution in [2.24, 2.45) is 0 Å². The molecule has 2 atom stereocenters. The van der Waals surface area contributed by atoms with Crippen molar-refractivity contribution in [3.8, 4) is 0 Å². The fourth-order valence-electron chi connectivity index (χ4n) is 1.66. The van der Waals surface area contributed by atoms with Gasteiger partial charge in [0, 0.05) is 7.11 Å². The van der Waals surface area contributed by atoms with Crippen molar-refractivity contribution in [3.05, 3.63) is 23.2 Å². The number of carboxylic acid groups (broad SMARTS) is 1. The van der Waals surface area contributed by atoms with Crippen LogP contribution in [0.5, 0.6) is 0 Å². The zero-order valence-electron chi connectivity index (χ0n) is 9.22. The average molecular weight is 230 g/mol. The third kappa shape index (κ3) is 1.66. The van der Waals surface area contributed by atoms with Crippen LogP contribution in [0.25, 0.3) is 0 Å². The largest absolute Gasteiger partial charge is 0.504 e. The molecule has 0 heterocycles. The molecule has 1 aliphatic rings. The summed E-state index contributed by atoms with van der Waals surface area (Å²) in [7, 11) is 2.48. The number of allylic oxidation sites excluding steroid dienone is 1. The van der Waals surface area contributed by atoms with E-state index in [1.807, 2.05) is 0 Å². The molecule has 0 radical (unpaired) electrons. The highest BCUT2D eigenvalue weighted by molar-refractivity contribution is 5.82. The number of rotatable bonds is 3. The molecule has 6 heteroatoms. The highest BCUT2D eigenvalue weighted by Crippen LogP contribution is 2.33. The van der Waals surface area contributed by atoms with Gasteiger partial charge < -0.3 is 24.8 Å². The lowest BCUT2D eigenvalue weighted by Gasteiger charge is -2.33. The third-order valence-corrected chi connectivity index (χ3v) is 2.48. The van der Waals surface area contributed by atoms with Crippen LogP contribution in [0.4, 0.5) is 0 Å². The first-order valence-electron chi connectivity index (χ1n) is 4.54. The van der Waals surface area contributed by atoms with Crippen LogP contribution in [0.1, 0.15) is 6.92 Å². The lowest BCUT2D eigenvalue weighted by Crippen LogP contribution is -2.52. The Balaban J connectivity index is 3.34. The van der Waals surface area contributed by atoms with Crippen molar-refractivity contribution in [3.63, 3.8) is 0 Å². The van der Waals surface area contributed by atoms with Crippen LogP contribution < -0.4 is 0 Å². The van der Waals surface area contributed by atoms with Gasteiger partial charge in [0.05, 0.1) is 7.11 Å². The predicted octanol–water partition coefficient (Wildman–Crippen LogP) is 0.193. The maximum atomic E-state index is 11.0. The topological polar surface area (TPSA) is 96.2 Å². The smallest absolute Gasteiger partial charge is 0.343 e. The molecule has 16 heavy (non-hydrogen) atoms. The summed E-state index contributed by atoms with van der Waals surface area (Å²) in [6.07, 6.45) is -0.250. The van der Waals surface area contributed by atoms with Crippen molar-refractivity contribution in [2.75, 3.05) is 14.2 Å². The first kappa shape index (κ1) is 12.5. The Hall–Kier alpha value is -1.53. The maximum absolute atomic E-state index is 11.0. The van der Waals surface area contributed by atoms with Crippen LogP contribution in [0.3, 0.4) is 0 Å². The highest BCUT2D eigenvalue weighted by atomic mass is 16.5. The average Bonchev–Trinajstić information content (AvgIpc) is 2.22. The van der Waals surface area contributed by atoms with E-state index < -0.39 is 17.7 Å². The quantitative estimate of drug-likeness (QED) is 0.640. The molecule has 0 aromatic rings. The number of hydrogen-bond donors (Lipinski definition) is 3. The molecular formula is C10H14O6. The molecule has 90 valence electrons. The zero-order chi connectivity index (χ0) is 12.5. The number of ether oxygens (including phenoxy) is 2. The SMILES string of the molecule is COC1=C(O)C(C)=CC(O)(C(=O)O)C1OC. The molecule has 3 N–H and O–H groups in total. The summed E-state index contributed by atoms with van der Waals surface area (Å²) in [5, 5.41) is 28.6. The summed E-state index contributed by atoms with van der Waals surface area (Å²) in [5.74, 6) is -1.80. The minimum atomic E-state index is -2.24. The van der Waals surface area contributed by atoms with Gasteiger partial charge >= 0.3 is 5.97 Å². The Morgan fingerprint density at radius 1 is 1.50 bits per heavy atom. The Labute approximate surface area is 92.4 Å². The van der Waals surface area contributed by atoms with E-state index in [9.17, 15) is 15.0 Å². The molecule has 6 nitrogen and oxygen atoms in total. The van der Waals surface area contributed by atoms with E-state index >= 15 is 0 Å². The van der Waals surface area contributed by atoms with E-state index in [1.165, 1.54) is 21.1 Å². The number of carbonyl (C=O) groups is 1. The molecule has 0 spiro atoms. The van der Waals surface area contributed by atoms with Gasteiger partial charge in [-0.1, -0.05) is 0 Å². The first-order valence-corrected chi connectivity index (χ1v) is 4.54. The van der Waals surface area contributed by atoms with Gasteiger partial charge in [-0.05, 0) is 18.6 Å². The fraction of sp³-hybridized carbons (Fsp3) is 0.500. The summed E-state index contributed by atoms with van der Waals surface area (Å²) >= 11 is 0. The first-order chi connectivity index (χ1) is 7.38. The molecule has 0 aromatic heterocycles. The maximum Gasteiger partial charge on any atom is 0.343 e. The molecule has 0 aromatic carbocycles. The van der Waals surface area contributed by atoms with E-state index in [-0.39, 0.29) is 17.1 Å². The number of hydrogen-bond acceptors (Lipinski definition) is 5. The van der Waals surface area contributed by atoms with Gasteiger partial charge in [-0.15, -0.1) is 0 Å². The molecule has 0 aliphatic heterocycles. The monoisotopic (exact) mass is 230 g/mol. The summed E-state index contributed by atoms with van der Waals surface area (Å²) < 4.78 is 9.74. The molecule has 2 unspecified atom stereocenters. The summed E-state index contributed by atoms with van der Waals surface area (Å²) in [6.45, 7) is 1.47. The minimum absolute atomic E-state index is 0.104. The molecule has 0 amide bonds. The van der Waals surface area contributed by atoms with Crippen molar-refractivity contribution < 1.29 is 29.6 Å². The third-order valence-electron chi connectivity index (χ3n) is 2.48. The number of carboxylic acids is 1. The molecule has 0 bridgehead atoms. The summed E-state index contributed by atoms with van der Waals surface area (Å²) in [6, 6.07) is 0. The summed E-state index contributed by atoms with van der Waals surface area (Å²) in [4.78, 5) is 11.0. The Morgan fingerprint density at radius 2 is 2.06 bits per heavy atom. The van der Waals surface area contributed by atoms with Crippen molar-refractivity contribution in [1.82, 2.24) is 0 Å². The molecule has 0 fully saturated rings. The Bertz CT molecular complexity index is 370. The van der Waals surface area contributed by atoms with Gasteiger partial charge in [0.2, 0.25) is 5.60 Å². The Morgan fingerprint density at radius 3 is 2.44 bits per heavy atom. The van der Waals surface area contributed by atoms with Gasteiger partial charge in [-0.3, -0.25) is 0 Å². The van der Waals surface area contributed by atoms with E-state index in [0.717, 1.165) is 6.08 Å². The molecule has 1 rings (SSSR count). The van der Waals surface area contributed by atoms with Crippen molar-refractivity contribution in [1.29, 1.82) is 0 Å². The van der Waals surface area contributed by atoms with E-state index in [2.05, 4.69) is 0 Å². The van der Waals surface area contributed by atoms with Gasteiger partial charge in [-0.2, -0.15) is 0 Å². The van der Waals surface area contributed by atoms with Gasteiger partial charge in [-0.25, -0.2) is 4.79 Å². The van der Waals surface area contributed by atoms with Gasteiger partial charge in [0.25, 0.3) is 0 Å². The number of aliphatic hydroxyl groups is 2.